The van der Waals surface area contributed by atoms with E-state index in [1.165, 1.54) is 11.8 Å². The first-order chi connectivity index (χ1) is 14.4. The van der Waals surface area contributed by atoms with Gasteiger partial charge < -0.3 is 13.9 Å². The number of halogens is 1. The van der Waals surface area contributed by atoms with E-state index in [4.69, 9.17) is 16.3 Å². The lowest BCUT2D eigenvalue weighted by molar-refractivity contribution is 0.102. The second kappa shape index (κ2) is 9.81. The van der Waals surface area contributed by atoms with Gasteiger partial charge in [-0.15, -0.1) is 10.2 Å². The number of hydrogen-bond donors (Lipinski definition) is 0. The van der Waals surface area contributed by atoms with Crippen molar-refractivity contribution < 1.29 is 9.53 Å². The molecule has 1 aromatic carbocycles. The van der Waals surface area contributed by atoms with Crippen molar-refractivity contribution in [2.45, 2.75) is 45.4 Å². The third-order valence-electron chi connectivity index (χ3n) is 5.08. The molecule has 0 bridgehead atoms. The Labute approximate surface area is 186 Å². The van der Waals surface area contributed by atoms with Gasteiger partial charge in [0.25, 0.3) is 0 Å². The van der Waals surface area contributed by atoms with Crippen LogP contribution in [0, 0.1) is 13.8 Å². The summed E-state index contributed by atoms with van der Waals surface area (Å²) in [5, 5.41) is 10.0. The molecule has 0 saturated carbocycles. The summed E-state index contributed by atoms with van der Waals surface area (Å²) >= 11 is 7.53. The molecule has 0 aliphatic rings. The van der Waals surface area contributed by atoms with E-state index in [1.807, 2.05) is 55.7 Å². The molecule has 0 fully saturated rings. The van der Waals surface area contributed by atoms with Gasteiger partial charge in [-0.1, -0.05) is 35.5 Å². The Morgan fingerprint density at radius 2 is 2.03 bits per heavy atom. The molecule has 0 N–H and O–H groups in total. The van der Waals surface area contributed by atoms with Gasteiger partial charge in [-0.3, -0.25) is 4.79 Å². The number of ketones is 1. The van der Waals surface area contributed by atoms with Crippen LogP contribution in [-0.2, 0) is 11.3 Å². The van der Waals surface area contributed by atoms with Crippen molar-refractivity contribution in [3.05, 3.63) is 52.3 Å². The van der Waals surface area contributed by atoms with Gasteiger partial charge in [0.2, 0.25) is 0 Å². The van der Waals surface area contributed by atoms with Crippen LogP contribution in [0.3, 0.4) is 0 Å². The Balaban J connectivity index is 1.78. The third-order valence-corrected chi connectivity index (χ3v) is 6.28. The quantitative estimate of drug-likeness (QED) is 0.333. The summed E-state index contributed by atoms with van der Waals surface area (Å²) in [6.45, 7) is 9.44. The lowest BCUT2D eigenvalue weighted by Crippen LogP contribution is -2.14. The van der Waals surface area contributed by atoms with E-state index in [9.17, 15) is 4.79 Å². The molecule has 6 nitrogen and oxygen atoms in total. The van der Waals surface area contributed by atoms with Gasteiger partial charge in [-0.05, 0) is 45.9 Å². The molecule has 3 aromatic rings. The second-order valence-corrected chi connectivity index (χ2v) is 8.61. The van der Waals surface area contributed by atoms with E-state index in [1.54, 1.807) is 7.11 Å². The fourth-order valence-electron chi connectivity index (χ4n) is 3.78. The molecule has 0 aliphatic heterocycles. The summed E-state index contributed by atoms with van der Waals surface area (Å²) in [5.41, 5.74) is 3.69. The summed E-state index contributed by atoms with van der Waals surface area (Å²) in [4.78, 5) is 13.0. The Morgan fingerprint density at radius 1 is 1.27 bits per heavy atom. The summed E-state index contributed by atoms with van der Waals surface area (Å²) in [6, 6.07) is 9.68. The fraction of sp³-hybridized carbons (Fsp3) is 0.409. The highest BCUT2D eigenvalue weighted by molar-refractivity contribution is 7.99. The number of benzene rings is 1. The molecule has 0 spiro atoms. The summed E-state index contributed by atoms with van der Waals surface area (Å²) in [7, 11) is 1.69. The van der Waals surface area contributed by atoms with Gasteiger partial charge in [-0.2, -0.15) is 0 Å². The fourth-order valence-corrected chi connectivity index (χ4v) is 4.86. The molecule has 2 aromatic heterocycles. The van der Waals surface area contributed by atoms with E-state index in [2.05, 4.69) is 21.7 Å². The van der Waals surface area contributed by atoms with Crippen LogP contribution in [0.15, 0.2) is 35.5 Å². The highest BCUT2D eigenvalue weighted by atomic mass is 35.5. The molecule has 0 amide bonds. The number of Topliss-reactive ketones (excluding diaryl/α,β-unsaturated/α-hetero) is 1. The predicted molar refractivity (Wildman–Crippen MR) is 122 cm³/mol. The van der Waals surface area contributed by atoms with Crippen LogP contribution in [0.1, 0.15) is 41.6 Å². The predicted octanol–water partition coefficient (Wildman–Crippen LogP) is 5.22. The zero-order chi connectivity index (χ0) is 21.8. The van der Waals surface area contributed by atoms with Crippen molar-refractivity contribution in [2.24, 2.45) is 0 Å². The standard InChI is InChI=1S/C22H27ClN4O2S/c1-6-26-21(17-8-7-9-18(23)11-17)24-25-22(26)30-13-20(28)19-10-14(2)27(16(19)4)15(3)12-29-5/h7-11,15H,6,12-13H2,1-5H3. The molecule has 1 atom stereocenters. The van der Waals surface area contributed by atoms with Crippen LogP contribution >= 0.6 is 23.4 Å². The van der Waals surface area contributed by atoms with Crippen molar-refractivity contribution in [3.8, 4) is 11.4 Å². The molecule has 160 valence electrons. The van der Waals surface area contributed by atoms with Crippen molar-refractivity contribution in [2.75, 3.05) is 19.5 Å². The number of nitrogens with zero attached hydrogens (tertiary/aromatic N) is 4. The van der Waals surface area contributed by atoms with Gasteiger partial charge in [0.05, 0.1) is 18.4 Å². The summed E-state index contributed by atoms with van der Waals surface area (Å²) in [6.07, 6.45) is 0. The molecule has 0 saturated heterocycles. The second-order valence-electron chi connectivity index (χ2n) is 7.23. The lowest BCUT2D eigenvalue weighted by atomic mass is 10.2. The molecule has 2 heterocycles. The minimum atomic E-state index is 0.0823. The number of methoxy groups -OCH3 is 1. The van der Waals surface area contributed by atoms with Crippen LogP contribution in [0.5, 0.6) is 0 Å². The smallest absolute Gasteiger partial charge is 0.191 e. The maximum Gasteiger partial charge on any atom is 0.191 e. The molecule has 3 rings (SSSR count). The Bertz CT molecular complexity index is 1040. The van der Waals surface area contributed by atoms with E-state index < -0.39 is 0 Å². The first-order valence-corrected chi connectivity index (χ1v) is 11.3. The van der Waals surface area contributed by atoms with Gasteiger partial charge >= 0.3 is 0 Å². The zero-order valence-corrected chi connectivity index (χ0v) is 19.5. The Morgan fingerprint density at radius 3 is 2.70 bits per heavy atom. The number of carbonyl (C=O) groups excluding carboxylic acids is 1. The van der Waals surface area contributed by atoms with Gasteiger partial charge in [-0.25, -0.2) is 0 Å². The van der Waals surface area contributed by atoms with Gasteiger partial charge in [0.1, 0.15) is 0 Å². The van der Waals surface area contributed by atoms with Gasteiger partial charge in [0.15, 0.2) is 16.8 Å². The molecule has 0 aliphatic carbocycles. The molecule has 0 radical (unpaired) electrons. The van der Waals surface area contributed by atoms with E-state index in [-0.39, 0.29) is 11.8 Å². The van der Waals surface area contributed by atoms with Crippen molar-refractivity contribution in [1.82, 2.24) is 19.3 Å². The van der Waals surface area contributed by atoms with E-state index in [0.717, 1.165) is 33.5 Å². The van der Waals surface area contributed by atoms with Crippen LogP contribution in [0.2, 0.25) is 5.02 Å². The largest absolute Gasteiger partial charge is 0.383 e. The number of thioether (sulfide) groups is 1. The molecule has 30 heavy (non-hydrogen) atoms. The average molecular weight is 447 g/mol. The Kier molecular flexibility index (Phi) is 7.39. The number of hydrogen-bond acceptors (Lipinski definition) is 5. The number of carbonyl (C=O) groups is 1. The highest BCUT2D eigenvalue weighted by Gasteiger charge is 2.20. The third kappa shape index (κ3) is 4.63. The van der Waals surface area contributed by atoms with Crippen molar-refractivity contribution in [1.29, 1.82) is 0 Å². The lowest BCUT2D eigenvalue weighted by Gasteiger charge is -2.17. The molecular formula is C22H27ClN4O2S. The maximum absolute atomic E-state index is 13.0. The van der Waals surface area contributed by atoms with Crippen LogP contribution in [0.25, 0.3) is 11.4 Å². The SMILES string of the molecule is CCn1c(SCC(=O)c2cc(C)n(C(C)COC)c2C)nnc1-c1cccc(Cl)c1. The van der Waals surface area contributed by atoms with E-state index in [0.29, 0.717) is 23.9 Å². The number of ether oxygens (including phenoxy) is 1. The number of rotatable bonds is 9. The molecule has 8 heteroatoms. The summed E-state index contributed by atoms with van der Waals surface area (Å²) in [5.74, 6) is 1.14. The minimum absolute atomic E-state index is 0.0823. The van der Waals surface area contributed by atoms with E-state index >= 15 is 0 Å². The first kappa shape index (κ1) is 22.6. The first-order valence-electron chi connectivity index (χ1n) is 9.89. The molecule has 1 unspecified atom stereocenters. The minimum Gasteiger partial charge on any atom is -0.383 e. The van der Waals surface area contributed by atoms with Crippen LogP contribution < -0.4 is 0 Å². The van der Waals surface area contributed by atoms with Crippen molar-refractivity contribution >= 4 is 29.1 Å². The van der Waals surface area contributed by atoms with Crippen molar-refractivity contribution in [3.63, 3.8) is 0 Å². The zero-order valence-electron chi connectivity index (χ0n) is 18.0. The summed E-state index contributed by atoms with van der Waals surface area (Å²) < 4.78 is 9.45. The molecular weight excluding hydrogens is 420 g/mol. The monoisotopic (exact) mass is 446 g/mol. The van der Waals surface area contributed by atoms with Crippen LogP contribution in [0.4, 0.5) is 0 Å². The maximum atomic E-state index is 13.0. The number of aromatic nitrogens is 4. The average Bonchev–Trinajstić information content (AvgIpc) is 3.26. The number of aryl methyl sites for hydroxylation is 1. The van der Waals surface area contributed by atoms with Crippen LogP contribution in [-0.4, -0.2) is 44.6 Å². The highest BCUT2D eigenvalue weighted by Crippen LogP contribution is 2.27. The normalized spacial score (nSPS) is 12.3. The Hall–Kier alpha value is -2.09. The van der Waals surface area contributed by atoms with Gasteiger partial charge in [0, 0.05) is 41.2 Å². The topological polar surface area (TPSA) is 61.9 Å².